The smallest absolute Gasteiger partial charge is 0.309 e. The van der Waals surface area contributed by atoms with E-state index in [1.807, 2.05) is 13.8 Å². The van der Waals surface area contributed by atoms with Crippen molar-refractivity contribution in [2.45, 2.75) is 85.5 Å². The third-order valence-electron chi connectivity index (χ3n) is 8.00. The maximum atomic E-state index is 13.3. The number of cyclic esters (lactones) is 1. The first-order chi connectivity index (χ1) is 17.2. The Bertz CT molecular complexity index is 954. The molecule has 1 fully saturated rings. The van der Waals surface area contributed by atoms with Crippen LogP contribution in [0.15, 0.2) is 46.0 Å². The van der Waals surface area contributed by atoms with E-state index in [-0.39, 0.29) is 18.1 Å². The van der Waals surface area contributed by atoms with Crippen molar-refractivity contribution in [3.8, 4) is 0 Å². The molecule has 0 amide bonds. The van der Waals surface area contributed by atoms with E-state index >= 15 is 0 Å². The van der Waals surface area contributed by atoms with Crippen LogP contribution in [0.3, 0.4) is 0 Å². The molecule has 2 rings (SSSR count). The summed E-state index contributed by atoms with van der Waals surface area (Å²) in [6.45, 7) is 14.8. The van der Waals surface area contributed by atoms with Crippen molar-refractivity contribution in [3.63, 3.8) is 0 Å². The van der Waals surface area contributed by atoms with Gasteiger partial charge in [0.1, 0.15) is 11.9 Å². The van der Waals surface area contributed by atoms with E-state index in [1.165, 1.54) is 17.3 Å². The van der Waals surface area contributed by atoms with Crippen LogP contribution in [-0.2, 0) is 14.3 Å². The van der Waals surface area contributed by atoms with Gasteiger partial charge in [-0.1, -0.05) is 57.7 Å². The number of hydrogen-bond acceptors (Lipinski definition) is 8. The van der Waals surface area contributed by atoms with E-state index in [4.69, 9.17) is 10.5 Å². The molecule has 0 bridgehead atoms. The van der Waals surface area contributed by atoms with Crippen molar-refractivity contribution in [2.24, 2.45) is 34.8 Å². The highest BCUT2D eigenvalue weighted by Crippen LogP contribution is 2.50. The highest BCUT2D eigenvalue weighted by molar-refractivity contribution is 8.05. The van der Waals surface area contributed by atoms with Crippen LogP contribution >= 0.6 is 11.8 Å². The van der Waals surface area contributed by atoms with Gasteiger partial charge >= 0.3 is 5.97 Å². The van der Waals surface area contributed by atoms with E-state index in [0.29, 0.717) is 24.0 Å². The summed E-state index contributed by atoms with van der Waals surface area (Å²) in [4.78, 5) is 26.2. The number of ketones is 1. The fourth-order valence-electron chi connectivity index (χ4n) is 5.10. The fraction of sp³-hybridized carbons (Fsp3) is 0.655. The number of rotatable bonds is 5. The predicted molar refractivity (Wildman–Crippen MR) is 150 cm³/mol. The summed E-state index contributed by atoms with van der Waals surface area (Å²) in [7, 11) is 1.78. The second-order valence-corrected chi connectivity index (χ2v) is 12.3. The number of aliphatic hydroxyl groups is 2. The third kappa shape index (κ3) is 8.48. The number of allylic oxidation sites excluding steroid dienone is 2. The zero-order valence-electron chi connectivity index (χ0n) is 23.4. The minimum absolute atomic E-state index is 0.0212. The van der Waals surface area contributed by atoms with Crippen LogP contribution < -0.4 is 11.1 Å². The lowest BCUT2D eigenvalue weighted by molar-refractivity contribution is -0.154. The van der Waals surface area contributed by atoms with Crippen molar-refractivity contribution in [3.05, 3.63) is 46.0 Å². The summed E-state index contributed by atoms with van der Waals surface area (Å²) in [6, 6.07) is 0. The molecule has 1 saturated carbocycles. The zero-order chi connectivity index (χ0) is 28.1. The first-order valence-electron chi connectivity index (χ1n) is 13.1. The lowest BCUT2D eigenvalue weighted by Gasteiger charge is -2.34. The number of fused-ring (bicyclic) bond motifs is 1. The Morgan fingerprint density at radius 1 is 1.27 bits per heavy atom. The molecular weight excluding hydrogens is 488 g/mol. The first kappa shape index (κ1) is 31.2. The van der Waals surface area contributed by atoms with Gasteiger partial charge in [-0.15, -0.1) is 0 Å². The van der Waals surface area contributed by atoms with Crippen LogP contribution in [0.25, 0.3) is 0 Å². The average molecular weight is 535 g/mol. The van der Waals surface area contributed by atoms with Gasteiger partial charge in [-0.2, -0.15) is 0 Å². The van der Waals surface area contributed by atoms with Crippen LogP contribution in [0.5, 0.6) is 0 Å². The highest BCUT2D eigenvalue weighted by Gasteiger charge is 2.47. The van der Waals surface area contributed by atoms with Gasteiger partial charge in [0.2, 0.25) is 0 Å². The molecule has 1 aliphatic heterocycles. The molecule has 2 aliphatic rings. The summed E-state index contributed by atoms with van der Waals surface area (Å²) in [5, 5.41) is 27.3. The minimum Gasteiger partial charge on any atom is -0.457 e. The van der Waals surface area contributed by atoms with Crippen LogP contribution in [0.1, 0.15) is 67.2 Å². The Kier molecular flexibility index (Phi) is 11.1. The van der Waals surface area contributed by atoms with Gasteiger partial charge in [-0.05, 0) is 56.1 Å². The van der Waals surface area contributed by atoms with Crippen molar-refractivity contribution < 1.29 is 24.5 Å². The molecular formula is C29H46N2O5S. The van der Waals surface area contributed by atoms with Gasteiger partial charge in [-0.25, -0.2) is 0 Å². The summed E-state index contributed by atoms with van der Waals surface area (Å²) in [5.74, 6) is -0.687. The monoisotopic (exact) mass is 534 g/mol. The summed E-state index contributed by atoms with van der Waals surface area (Å²) in [5.41, 5.74) is 7.44. The number of hydrogen-bond donors (Lipinski definition) is 4. The second kappa shape index (κ2) is 13.2. The highest BCUT2D eigenvalue weighted by atomic mass is 32.2. The van der Waals surface area contributed by atoms with Gasteiger partial charge < -0.3 is 26.0 Å². The summed E-state index contributed by atoms with van der Waals surface area (Å²) < 4.78 is 5.82. The standard InChI is InChI=1S/C29H46N2O5S/c1-16-9-10-24(17(2)12-22(30)15-37-20(5)31-8)36-26(33)14-25(32)29(6,7)28(35)19(4)27(34)18(3)23-13-21(23)11-16/h9,12,15,18-19,21,23-25,27,31-32,34H,5,10-11,13-14,30H2,1-4,6-8H3/b16-9-,17-12+,22-15-/t18-,19+,21?,23?,24-,25-,27-/m0/s1. The van der Waals surface area contributed by atoms with Crippen molar-refractivity contribution in [2.75, 3.05) is 7.05 Å². The Morgan fingerprint density at radius 2 is 1.92 bits per heavy atom. The van der Waals surface area contributed by atoms with Crippen LogP contribution in [0.4, 0.5) is 0 Å². The average Bonchev–Trinajstić information content (AvgIpc) is 3.60. The Morgan fingerprint density at radius 3 is 2.54 bits per heavy atom. The van der Waals surface area contributed by atoms with Gasteiger partial charge in [0.15, 0.2) is 0 Å². The van der Waals surface area contributed by atoms with Crippen molar-refractivity contribution >= 4 is 23.5 Å². The zero-order valence-corrected chi connectivity index (χ0v) is 24.2. The molecule has 2 unspecified atom stereocenters. The van der Waals surface area contributed by atoms with E-state index in [1.54, 1.807) is 39.3 Å². The number of thioether (sulfide) groups is 1. The lowest BCUT2D eigenvalue weighted by atomic mass is 9.72. The number of nitrogens with two attached hydrogens (primary N) is 1. The van der Waals surface area contributed by atoms with Gasteiger partial charge in [0, 0.05) is 30.5 Å². The molecule has 0 aromatic heterocycles. The maximum Gasteiger partial charge on any atom is 0.309 e. The predicted octanol–water partition coefficient (Wildman–Crippen LogP) is 4.42. The van der Waals surface area contributed by atoms with E-state index in [0.717, 1.165) is 23.4 Å². The Hall–Kier alpha value is -2.03. The molecule has 8 heteroatoms. The molecule has 208 valence electrons. The van der Waals surface area contributed by atoms with Gasteiger partial charge in [0.05, 0.1) is 29.1 Å². The quantitative estimate of drug-likeness (QED) is 0.232. The minimum atomic E-state index is -1.24. The molecule has 0 aromatic rings. The maximum absolute atomic E-state index is 13.3. The molecule has 37 heavy (non-hydrogen) atoms. The number of nitrogens with one attached hydrogen (secondary N) is 1. The van der Waals surface area contributed by atoms with Crippen LogP contribution in [0.2, 0.25) is 0 Å². The summed E-state index contributed by atoms with van der Waals surface area (Å²) in [6.07, 6.45) is 3.37. The third-order valence-corrected chi connectivity index (χ3v) is 8.88. The Balaban J connectivity index is 2.34. The summed E-state index contributed by atoms with van der Waals surface area (Å²) >= 11 is 1.37. The number of esters is 1. The molecule has 0 radical (unpaired) electrons. The topological polar surface area (TPSA) is 122 Å². The van der Waals surface area contributed by atoms with E-state index in [2.05, 4.69) is 24.9 Å². The number of ether oxygens (including phenoxy) is 1. The van der Waals surface area contributed by atoms with Crippen molar-refractivity contribution in [1.29, 1.82) is 0 Å². The molecule has 1 aliphatic carbocycles. The molecule has 5 N–H and O–H groups in total. The van der Waals surface area contributed by atoms with Gasteiger partial charge in [-0.3, -0.25) is 9.59 Å². The SMILES string of the molecule is C=C(NC)S/C=C(N)/C=C(\C)[C@@H]1C/C=C(/C)CC2CC2[C@H](C)[C@H](O)[C@@H](C)C(=O)C(C)(C)[C@@H](O)CC(=O)O1. The number of carbonyl (C=O) groups is 2. The molecule has 1 heterocycles. The first-order valence-corrected chi connectivity index (χ1v) is 14.0. The molecule has 0 saturated heterocycles. The number of Topliss-reactive ketones (excluding diaryl/α,β-unsaturated/α-hetero) is 1. The molecule has 7 nitrogen and oxygen atoms in total. The number of aliphatic hydroxyl groups excluding tert-OH is 2. The van der Waals surface area contributed by atoms with Crippen LogP contribution in [0, 0.1) is 29.1 Å². The fourth-order valence-corrected chi connectivity index (χ4v) is 5.57. The second-order valence-electron chi connectivity index (χ2n) is 11.4. The Labute approximate surface area is 226 Å². The van der Waals surface area contributed by atoms with E-state index < -0.39 is 35.6 Å². The lowest BCUT2D eigenvalue weighted by Crippen LogP contribution is -2.46. The molecule has 0 aromatic carbocycles. The van der Waals surface area contributed by atoms with Crippen molar-refractivity contribution in [1.82, 2.24) is 5.32 Å². The van der Waals surface area contributed by atoms with E-state index in [9.17, 15) is 19.8 Å². The normalized spacial score (nSPS) is 35.6. The largest absolute Gasteiger partial charge is 0.457 e. The number of carbonyl (C=O) groups excluding carboxylic acids is 2. The molecule has 0 spiro atoms. The van der Waals surface area contributed by atoms with Crippen LogP contribution in [-0.4, -0.2) is 47.3 Å². The molecule has 7 atom stereocenters. The van der Waals surface area contributed by atoms with Gasteiger partial charge in [0.25, 0.3) is 0 Å².